The fourth-order valence-corrected chi connectivity index (χ4v) is 2.65. The fourth-order valence-electron chi connectivity index (χ4n) is 1.90. The zero-order chi connectivity index (χ0) is 18.3. The molecule has 6 nitrogen and oxygen atoms in total. The van der Waals surface area contributed by atoms with Crippen LogP contribution in [0, 0.1) is 5.82 Å². The number of carbonyl (C=O) groups is 3. The molecule has 2 amide bonds. The van der Waals surface area contributed by atoms with Crippen LogP contribution in [-0.4, -0.2) is 51.4 Å². The van der Waals surface area contributed by atoms with Crippen LogP contribution in [-0.2, 0) is 14.4 Å². The molecule has 132 valence electrons. The number of carboxylic acids is 1. The molecular formula is C16H21FN2O4S. The molecule has 0 aliphatic heterocycles. The van der Waals surface area contributed by atoms with Gasteiger partial charge in [-0.05, 0) is 45.0 Å². The average molecular weight is 356 g/mol. The first-order valence-electron chi connectivity index (χ1n) is 7.40. The second kappa shape index (κ2) is 9.27. The van der Waals surface area contributed by atoms with E-state index in [2.05, 4.69) is 5.32 Å². The SMILES string of the molecule is CC(SCC(=O)Nc1ccc(F)cc1)C(=O)N(CC(=O)O)C(C)C. The van der Waals surface area contributed by atoms with E-state index in [0.29, 0.717) is 5.69 Å². The van der Waals surface area contributed by atoms with Crippen molar-refractivity contribution in [1.29, 1.82) is 0 Å². The topological polar surface area (TPSA) is 86.7 Å². The molecule has 0 radical (unpaired) electrons. The smallest absolute Gasteiger partial charge is 0.323 e. The van der Waals surface area contributed by atoms with Crippen molar-refractivity contribution in [1.82, 2.24) is 4.90 Å². The van der Waals surface area contributed by atoms with Gasteiger partial charge in [0.05, 0.1) is 11.0 Å². The van der Waals surface area contributed by atoms with Crippen molar-refractivity contribution in [3.05, 3.63) is 30.1 Å². The summed E-state index contributed by atoms with van der Waals surface area (Å²) in [5, 5.41) is 10.9. The van der Waals surface area contributed by atoms with Crippen LogP contribution in [0.2, 0.25) is 0 Å². The predicted molar refractivity (Wildman–Crippen MR) is 91.4 cm³/mol. The normalized spacial score (nSPS) is 11.9. The molecule has 0 fully saturated rings. The number of carbonyl (C=O) groups excluding carboxylic acids is 2. The lowest BCUT2D eigenvalue weighted by molar-refractivity contribution is -0.145. The zero-order valence-corrected chi connectivity index (χ0v) is 14.6. The summed E-state index contributed by atoms with van der Waals surface area (Å²) in [6, 6.07) is 5.12. The van der Waals surface area contributed by atoms with Gasteiger partial charge in [-0.3, -0.25) is 14.4 Å². The van der Waals surface area contributed by atoms with Crippen molar-refractivity contribution in [2.24, 2.45) is 0 Å². The Hall–Kier alpha value is -2.09. The highest BCUT2D eigenvalue weighted by atomic mass is 32.2. The third-order valence-corrected chi connectivity index (χ3v) is 4.28. The van der Waals surface area contributed by atoms with Crippen LogP contribution in [0.3, 0.4) is 0 Å². The summed E-state index contributed by atoms with van der Waals surface area (Å²) in [5.74, 6) is -2.09. The first-order valence-corrected chi connectivity index (χ1v) is 8.45. The highest BCUT2D eigenvalue weighted by molar-refractivity contribution is 8.01. The van der Waals surface area contributed by atoms with Crippen molar-refractivity contribution in [3.63, 3.8) is 0 Å². The first kappa shape index (κ1) is 20.0. The summed E-state index contributed by atoms with van der Waals surface area (Å²) in [6.45, 7) is 4.73. The molecule has 1 atom stereocenters. The molecule has 1 unspecified atom stereocenters. The maximum Gasteiger partial charge on any atom is 0.323 e. The molecule has 2 N–H and O–H groups in total. The Bertz CT molecular complexity index is 592. The van der Waals surface area contributed by atoms with Crippen molar-refractivity contribution < 1.29 is 23.9 Å². The van der Waals surface area contributed by atoms with Gasteiger partial charge in [0.1, 0.15) is 12.4 Å². The van der Waals surface area contributed by atoms with E-state index >= 15 is 0 Å². The van der Waals surface area contributed by atoms with Crippen molar-refractivity contribution in [3.8, 4) is 0 Å². The Balaban J connectivity index is 2.52. The van der Waals surface area contributed by atoms with Crippen LogP contribution in [0.1, 0.15) is 20.8 Å². The molecular weight excluding hydrogens is 335 g/mol. The Morgan fingerprint density at radius 2 is 1.79 bits per heavy atom. The van der Waals surface area contributed by atoms with Gasteiger partial charge < -0.3 is 15.3 Å². The number of aliphatic carboxylic acids is 1. The minimum atomic E-state index is -1.08. The molecule has 0 aromatic heterocycles. The summed E-state index contributed by atoms with van der Waals surface area (Å²) in [4.78, 5) is 36.3. The van der Waals surface area contributed by atoms with E-state index in [9.17, 15) is 18.8 Å². The average Bonchev–Trinajstić information content (AvgIpc) is 2.51. The standard InChI is InChI=1S/C16H21FN2O4S/c1-10(2)19(8-15(21)22)16(23)11(3)24-9-14(20)18-13-6-4-12(17)5-7-13/h4-7,10-11H,8-9H2,1-3H3,(H,18,20)(H,21,22). The van der Waals surface area contributed by atoms with Gasteiger partial charge in [-0.2, -0.15) is 0 Å². The number of benzene rings is 1. The monoisotopic (exact) mass is 356 g/mol. The number of rotatable bonds is 8. The number of thioether (sulfide) groups is 1. The van der Waals surface area contributed by atoms with Gasteiger partial charge in [0, 0.05) is 11.7 Å². The molecule has 8 heteroatoms. The van der Waals surface area contributed by atoms with Crippen molar-refractivity contribution in [2.75, 3.05) is 17.6 Å². The number of nitrogens with zero attached hydrogens (tertiary/aromatic N) is 1. The second-order valence-electron chi connectivity index (χ2n) is 5.46. The van der Waals surface area contributed by atoms with Crippen molar-refractivity contribution in [2.45, 2.75) is 32.1 Å². The van der Waals surface area contributed by atoms with Gasteiger partial charge in [-0.1, -0.05) is 0 Å². The molecule has 0 heterocycles. The molecule has 0 spiro atoms. The van der Waals surface area contributed by atoms with E-state index in [1.807, 2.05) is 0 Å². The van der Waals surface area contributed by atoms with E-state index in [1.54, 1.807) is 20.8 Å². The third kappa shape index (κ3) is 6.57. The van der Waals surface area contributed by atoms with Gasteiger partial charge in [-0.15, -0.1) is 11.8 Å². The largest absolute Gasteiger partial charge is 0.480 e. The number of hydrogen-bond donors (Lipinski definition) is 2. The molecule has 0 aliphatic rings. The Labute approximate surface area is 144 Å². The summed E-state index contributed by atoms with van der Waals surface area (Å²) >= 11 is 1.12. The van der Waals surface area contributed by atoms with Gasteiger partial charge >= 0.3 is 5.97 Å². The number of hydrogen-bond acceptors (Lipinski definition) is 4. The Morgan fingerprint density at radius 1 is 1.21 bits per heavy atom. The highest BCUT2D eigenvalue weighted by Gasteiger charge is 2.25. The lowest BCUT2D eigenvalue weighted by atomic mass is 10.3. The van der Waals surface area contributed by atoms with E-state index < -0.39 is 17.0 Å². The molecule has 0 saturated carbocycles. The maximum atomic E-state index is 12.8. The molecule has 1 aromatic carbocycles. The number of nitrogens with one attached hydrogen (secondary N) is 1. The molecule has 0 bridgehead atoms. The predicted octanol–water partition coefficient (Wildman–Crippen LogP) is 2.21. The van der Waals surface area contributed by atoms with Crippen LogP contribution < -0.4 is 5.32 Å². The van der Waals surface area contributed by atoms with Crippen LogP contribution in [0.15, 0.2) is 24.3 Å². The highest BCUT2D eigenvalue weighted by Crippen LogP contribution is 2.16. The summed E-state index contributed by atoms with van der Waals surface area (Å²) in [5.41, 5.74) is 0.468. The molecule has 24 heavy (non-hydrogen) atoms. The summed E-state index contributed by atoms with van der Waals surface area (Å²) < 4.78 is 12.8. The molecule has 1 aromatic rings. The van der Waals surface area contributed by atoms with Crippen LogP contribution in [0.5, 0.6) is 0 Å². The number of anilines is 1. The quantitative estimate of drug-likeness (QED) is 0.746. The minimum absolute atomic E-state index is 0.0310. The van der Waals surface area contributed by atoms with E-state index in [1.165, 1.54) is 29.2 Å². The lowest BCUT2D eigenvalue weighted by Gasteiger charge is -2.27. The molecule has 0 aliphatic carbocycles. The number of halogens is 1. The van der Waals surface area contributed by atoms with Gasteiger partial charge in [0.15, 0.2) is 0 Å². The van der Waals surface area contributed by atoms with E-state index in [-0.39, 0.29) is 30.2 Å². The zero-order valence-electron chi connectivity index (χ0n) is 13.8. The number of carboxylic acid groups (broad SMARTS) is 1. The lowest BCUT2D eigenvalue weighted by Crippen LogP contribution is -2.44. The fraction of sp³-hybridized carbons (Fsp3) is 0.438. The third-order valence-electron chi connectivity index (χ3n) is 3.15. The summed E-state index contributed by atoms with van der Waals surface area (Å²) in [6.07, 6.45) is 0. The van der Waals surface area contributed by atoms with Crippen LogP contribution >= 0.6 is 11.8 Å². The first-order chi connectivity index (χ1) is 11.2. The molecule has 1 rings (SSSR count). The Morgan fingerprint density at radius 3 is 2.29 bits per heavy atom. The second-order valence-corrected chi connectivity index (χ2v) is 6.79. The number of amides is 2. The van der Waals surface area contributed by atoms with Crippen molar-refractivity contribution >= 4 is 35.2 Å². The van der Waals surface area contributed by atoms with E-state index in [0.717, 1.165) is 11.8 Å². The van der Waals surface area contributed by atoms with Crippen LogP contribution in [0.4, 0.5) is 10.1 Å². The minimum Gasteiger partial charge on any atom is -0.480 e. The molecule has 0 saturated heterocycles. The van der Waals surface area contributed by atoms with Gasteiger partial charge in [0.2, 0.25) is 11.8 Å². The maximum absolute atomic E-state index is 12.8. The van der Waals surface area contributed by atoms with Crippen LogP contribution in [0.25, 0.3) is 0 Å². The summed E-state index contributed by atoms with van der Waals surface area (Å²) in [7, 11) is 0. The van der Waals surface area contributed by atoms with Gasteiger partial charge in [-0.25, -0.2) is 4.39 Å². The van der Waals surface area contributed by atoms with Gasteiger partial charge in [0.25, 0.3) is 0 Å². The Kier molecular flexibility index (Phi) is 7.70. The van der Waals surface area contributed by atoms with E-state index in [4.69, 9.17) is 5.11 Å².